The number of likely N-dealkylation sites (tertiary alicyclic amines) is 1. The first-order valence-electron chi connectivity index (χ1n) is 14.5. The highest BCUT2D eigenvalue weighted by Crippen LogP contribution is 2.67. The molecule has 1 aromatic heterocycles. The van der Waals surface area contributed by atoms with Gasteiger partial charge in [0.1, 0.15) is 17.6 Å². The molecule has 2 aliphatic carbocycles. The number of ether oxygens (including phenoxy) is 2. The molecule has 5 aliphatic rings. The average molecular weight is 543 g/mol. The third-order valence-electron chi connectivity index (χ3n) is 10.7. The molecule has 1 N–H and O–H groups in total. The van der Waals surface area contributed by atoms with Crippen LogP contribution in [0.1, 0.15) is 51.0 Å². The van der Waals surface area contributed by atoms with Gasteiger partial charge in [-0.15, -0.1) is 0 Å². The van der Waals surface area contributed by atoms with Gasteiger partial charge in [0.05, 0.1) is 12.8 Å². The molecule has 7 nitrogen and oxygen atoms in total. The van der Waals surface area contributed by atoms with Crippen molar-refractivity contribution in [1.29, 1.82) is 0 Å². The zero-order chi connectivity index (χ0) is 27.3. The van der Waals surface area contributed by atoms with Gasteiger partial charge in [-0.2, -0.15) is 0 Å². The number of piperidine rings is 1. The van der Waals surface area contributed by atoms with Crippen LogP contribution in [0.25, 0.3) is 0 Å². The van der Waals surface area contributed by atoms with Gasteiger partial charge in [-0.3, -0.25) is 4.79 Å². The number of nitrogens with one attached hydrogen (secondary N) is 1. The Kier molecular flexibility index (Phi) is 5.16. The second-order valence-corrected chi connectivity index (χ2v) is 12.3. The summed E-state index contributed by atoms with van der Waals surface area (Å²) in [6.45, 7) is 5.84. The molecule has 8 heteroatoms. The number of aromatic amines is 1. The maximum absolute atomic E-state index is 13.9. The van der Waals surface area contributed by atoms with Crippen LogP contribution in [0, 0.1) is 18.7 Å². The first-order chi connectivity index (χ1) is 19.4. The number of fused-ring (bicyclic) bond motifs is 2. The van der Waals surface area contributed by atoms with E-state index in [1.807, 2.05) is 17.0 Å². The van der Waals surface area contributed by atoms with E-state index in [1.165, 1.54) is 28.8 Å². The fourth-order valence-electron chi connectivity index (χ4n) is 8.63. The molecule has 40 heavy (non-hydrogen) atoms. The highest BCUT2D eigenvalue weighted by molar-refractivity contribution is 5.95. The Balaban J connectivity index is 1.14. The lowest BCUT2D eigenvalue weighted by Crippen LogP contribution is -2.62. The molecule has 0 saturated carbocycles. The maximum Gasteiger partial charge on any atom is 0.270 e. The second-order valence-electron chi connectivity index (χ2n) is 12.3. The van der Waals surface area contributed by atoms with Crippen LogP contribution >= 0.6 is 0 Å². The van der Waals surface area contributed by atoms with Crippen LogP contribution in [0.2, 0.25) is 0 Å². The molecule has 2 bridgehead atoms. The molecule has 4 atom stereocenters. The number of anilines is 1. The molecule has 3 aliphatic heterocycles. The SMILES string of the molecule is COc1ccc2c3c1O[C@H]1c4[nH]c(C(=O)N5CCN(c6ccc(F)cc6)CC5)c(C)c4CC4[C@@H](C2)N(C)CC[C@@]341. The summed E-state index contributed by atoms with van der Waals surface area (Å²) in [4.78, 5) is 24.3. The number of piperazine rings is 1. The van der Waals surface area contributed by atoms with Crippen LogP contribution in [0.3, 0.4) is 0 Å². The number of H-pyrrole nitrogens is 1. The summed E-state index contributed by atoms with van der Waals surface area (Å²) in [6.07, 6.45) is 2.87. The zero-order valence-corrected chi connectivity index (χ0v) is 23.3. The Labute approximate surface area is 233 Å². The molecule has 2 fully saturated rings. The normalized spacial score (nSPS) is 28.1. The Hall–Kier alpha value is -3.52. The molecular weight excluding hydrogens is 507 g/mol. The van der Waals surface area contributed by atoms with E-state index < -0.39 is 0 Å². The van der Waals surface area contributed by atoms with Gasteiger partial charge in [0.2, 0.25) is 0 Å². The average Bonchev–Trinajstić information content (AvgIpc) is 3.49. The van der Waals surface area contributed by atoms with Crippen LogP contribution in [0.15, 0.2) is 36.4 Å². The topological polar surface area (TPSA) is 61.0 Å². The van der Waals surface area contributed by atoms with Gasteiger partial charge in [-0.1, -0.05) is 6.07 Å². The van der Waals surface area contributed by atoms with Gasteiger partial charge < -0.3 is 29.2 Å². The molecule has 2 saturated heterocycles. The van der Waals surface area contributed by atoms with Crippen LogP contribution in [-0.2, 0) is 18.3 Å². The molecule has 8 rings (SSSR count). The van der Waals surface area contributed by atoms with Crippen LogP contribution in [-0.4, -0.2) is 73.6 Å². The summed E-state index contributed by atoms with van der Waals surface area (Å²) < 4.78 is 26.1. The largest absolute Gasteiger partial charge is 0.493 e. The summed E-state index contributed by atoms with van der Waals surface area (Å²) in [5, 5.41) is 0. The minimum atomic E-state index is -0.234. The highest BCUT2D eigenvalue weighted by atomic mass is 19.1. The number of halogens is 1. The molecule has 208 valence electrons. The lowest BCUT2D eigenvalue weighted by molar-refractivity contribution is -0.0256. The van der Waals surface area contributed by atoms with Crippen molar-refractivity contribution in [2.24, 2.45) is 5.92 Å². The first-order valence-corrected chi connectivity index (χ1v) is 14.5. The number of nitrogens with zero attached hydrogens (tertiary/aromatic N) is 3. The standard InChI is InChI=1S/C32H35FN4O3/c1-18-22-17-23-24-16-19-4-9-25(39-3)29-26(19)32(23,10-11-35(24)2)30(40-29)28(22)34-27(18)31(38)37-14-12-36(13-15-37)21-7-5-20(33)6-8-21/h4-9,23-24,30,34H,10-17H2,1-3H3/t23?,24-,30+,32+/m1/s1. The minimum Gasteiger partial charge on any atom is -0.493 e. The number of hydrogen-bond acceptors (Lipinski definition) is 5. The van der Waals surface area contributed by atoms with Crippen LogP contribution < -0.4 is 14.4 Å². The fourth-order valence-corrected chi connectivity index (χ4v) is 8.63. The van der Waals surface area contributed by atoms with Crippen LogP contribution in [0.5, 0.6) is 11.5 Å². The number of aromatic nitrogens is 1. The minimum absolute atomic E-state index is 0.0556. The summed E-state index contributed by atoms with van der Waals surface area (Å²) in [5.41, 5.74) is 7.73. The van der Waals surface area contributed by atoms with E-state index in [0.29, 0.717) is 30.7 Å². The van der Waals surface area contributed by atoms with Crippen LogP contribution in [0.4, 0.5) is 10.1 Å². The van der Waals surface area contributed by atoms with Crippen molar-refractivity contribution in [2.75, 3.05) is 51.8 Å². The van der Waals surface area contributed by atoms with E-state index >= 15 is 0 Å². The smallest absolute Gasteiger partial charge is 0.270 e. The van der Waals surface area contributed by atoms with E-state index in [1.54, 1.807) is 7.11 Å². The van der Waals surface area contributed by atoms with Crippen molar-refractivity contribution >= 4 is 11.6 Å². The molecule has 3 aromatic rings. The predicted octanol–water partition coefficient (Wildman–Crippen LogP) is 4.24. The Morgan fingerprint density at radius 2 is 1.85 bits per heavy atom. The number of benzene rings is 2. The number of hydrogen-bond donors (Lipinski definition) is 1. The monoisotopic (exact) mass is 542 g/mol. The van der Waals surface area contributed by atoms with E-state index in [2.05, 4.69) is 40.9 Å². The van der Waals surface area contributed by atoms with Crippen molar-refractivity contribution in [3.05, 3.63) is 75.9 Å². The van der Waals surface area contributed by atoms with Gasteiger partial charge in [0, 0.05) is 48.9 Å². The Morgan fingerprint density at radius 1 is 1.07 bits per heavy atom. The molecule has 1 amide bonds. The van der Waals surface area contributed by atoms with Gasteiger partial charge in [-0.25, -0.2) is 4.39 Å². The number of carbonyl (C=O) groups is 1. The number of rotatable bonds is 3. The van der Waals surface area contributed by atoms with E-state index in [0.717, 1.165) is 67.3 Å². The van der Waals surface area contributed by atoms with Gasteiger partial charge >= 0.3 is 0 Å². The Bertz CT molecular complexity index is 1530. The first kappa shape index (κ1) is 24.3. The summed E-state index contributed by atoms with van der Waals surface area (Å²) >= 11 is 0. The van der Waals surface area contributed by atoms with E-state index in [-0.39, 0.29) is 23.2 Å². The van der Waals surface area contributed by atoms with Crippen molar-refractivity contribution in [2.45, 2.75) is 43.7 Å². The van der Waals surface area contributed by atoms with E-state index in [4.69, 9.17) is 9.47 Å². The molecule has 4 heterocycles. The predicted molar refractivity (Wildman–Crippen MR) is 150 cm³/mol. The third kappa shape index (κ3) is 3.11. The zero-order valence-electron chi connectivity index (χ0n) is 23.3. The molecule has 0 radical (unpaired) electrons. The maximum atomic E-state index is 13.9. The molecule has 2 aromatic carbocycles. The highest BCUT2D eigenvalue weighted by Gasteiger charge is 2.65. The summed E-state index contributed by atoms with van der Waals surface area (Å²) in [7, 11) is 3.98. The third-order valence-corrected chi connectivity index (χ3v) is 10.7. The lowest BCUT2D eigenvalue weighted by atomic mass is 9.51. The van der Waals surface area contributed by atoms with Gasteiger partial charge in [0.15, 0.2) is 11.5 Å². The number of amides is 1. The van der Waals surface area contributed by atoms with Gasteiger partial charge in [-0.05, 0) is 92.7 Å². The lowest BCUT2D eigenvalue weighted by Gasteiger charge is -2.57. The summed E-state index contributed by atoms with van der Waals surface area (Å²) in [6, 6.07) is 11.3. The van der Waals surface area contributed by atoms with Crippen molar-refractivity contribution in [1.82, 2.24) is 14.8 Å². The fraction of sp³-hybridized carbons (Fsp3) is 0.469. The Morgan fingerprint density at radius 3 is 2.60 bits per heavy atom. The number of methoxy groups -OCH3 is 1. The quantitative estimate of drug-likeness (QED) is 0.537. The number of carbonyl (C=O) groups excluding carboxylic acids is 1. The number of likely N-dealkylation sites (N-methyl/N-ethyl adjacent to an activating group) is 1. The summed E-state index contributed by atoms with van der Waals surface area (Å²) in [5.74, 6) is 1.96. The molecular formula is C32H35FN4O3. The van der Waals surface area contributed by atoms with Gasteiger partial charge in [0.25, 0.3) is 5.91 Å². The van der Waals surface area contributed by atoms with E-state index in [9.17, 15) is 9.18 Å². The van der Waals surface area contributed by atoms with Crippen molar-refractivity contribution in [3.8, 4) is 11.5 Å². The van der Waals surface area contributed by atoms with Crippen molar-refractivity contribution in [3.63, 3.8) is 0 Å². The second kappa shape index (κ2) is 8.49. The van der Waals surface area contributed by atoms with Crippen molar-refractivity contribution < 1.29 is 18.7 Å². The molecule has 1 spiro atoms. The molecule has 1 unspecified atom stereocenters.